The van der Waals surface area contributed by atoms with Gasteiger partial charge in [0.05, 0.1) is 13.7 Å². The van der Waals surface area contributed by atoms with E-state index < -0.39 is 0 Å². The van der Waals surface area contributed by atoms with Gasteiger partial charge in [0.2, 0.25) is 0 Å². The topological polar surface area (TPSA) is 47.7 Å². The maximum absolute atomic E-state index is 5.86. The first-order chi connectivity index (χ1) is 13.8. The summed E-state index contributed by atoms with van der Waals surface area (Å²) in [5.74, 6) is 3.17. The zero-order chi connectivity index (χ0) is 19.2. The van der Waals surface area contributed by atoms with Crippen LogP contribution in [0.1, 0.15) is 37.4 Å². The molecule has 4 rings (SSSR count). The van der Waals surface area contributed by atoms with Gasteiger partial charge in [-0.25, -0.2) is 0 Å². The summed E-state index contributed by atoms with van der Waals surface area (Å²) in [6.07, 6.45) is 4.46. The third-order valence-electron chi connectivity index (χ3n) is 5.57. The Kier molecular flexibility index (Phi) is 6.12. The van der Waals surface area contributed by atoms with Crippen molar-refractivity contribution in [3.8, 4) is 11.5 Å². The van der Waals surface area contributed by atoms with Crippen LogP contribution in [-0.4, -0.2) is 43.4 Å². The van der Waals surface area contributed by atoms with Crippen LogP contribution in [0.3, 0.4) is 0 Å². The molecule has 3 aromatic rings. The molecule has 1 aliphatic heterocycles. The number of hydrogen-bond donors (Lipinski definition) is 0. The van der Waals surface area contributed by atoms with E-state index in [9.17, 15) is 0 Å². The van der Waals surface area contributed by atoms with Gasteiger partial charge in [0.1, 0.15) is 11.3 Å². The van der Waals surface area contributed by atoms with Crippen LogP contribution in [-0.2, 0) is 0 Å². The highest BCUT2D eigenvalue weighted by Crippen LogP contribution is 2.33. The molecule has 2 heterocycles. The number of methoxy groups -OCH3 is 1. The number of unbranched alkanes of at least 4 members (excludes halogenated alkanes) is 1. The van der Waals surface area contributed by atoms with Gasteiger partial charge in [-0.1, -0.05) is 29.4 Å². The fourth-order valence-electron chi connectivity index (χ4n) is 3.98. The summed E-state index contributed by atoms with van der Waals surface area (Å²) in [5.41, 5.74) is 0.968. The van der Waals surface area contributed by atoms with Gasteiger partial charge in [-0.05, 0) is 69.6 Å². The standard InChI is InChI=1S/C23H28N2O3/c1-26-21-10-4-5-11-22(21)27-17-7-6-14-25-15-12-18(13-16-25)23-19-8-2-3-9-20(19)24-28-23/h2-5,8-11,18H,6-7,12-17H2,1H3. The second-order valence-electron chi connectivity index (χ2n) is 7.39. The quantitative estimate of drug-likeness (QED) is 0.522. The van der Waals surface area contributed by atoms with Crippen LogP contribution in [0.5, 0.6) is 11.5 Å². The third-order valence-corrected chi connectivity index (χ3v) is 5.57. The van der Waals surface area contributed by atoms with Crippen molar-refractivity contribution in [1.82, 2.24) is 10.1 Å². The van der Waals surface area contributed by atoms with Crippen molar-refractivity contribution in [2.45, 2.75) is 31.6 Å². The van der Waals surface area contributed by atoms with Crippen LogP contribution in [0.25, 0.3) is 10.9 Å². The number of fused-ring (bicyclic) bond motifs is 1. The largest absolute Gasteiger partial charge is 0.493 e. The Balaban J connectivity index is 1.18. The summed E-state index contributed by atoms with van der Waals surface area (Å²) in [5, 5.41) is 5.38. The number of ether oxygens (including phenoxy) is 2. The van der Waals surface area contributed by atoms with Gasteiger partial charge in [0.25, 0.3) is 0 Å². The van der Waals surface area contributed by atoms with Crippen LogP contribution in [0.2, 0.25) is 0 Å². The normalized spacial score (nSPS) is 15.8. The number of likely N-dealkylation sites (tertiary alicyclic amines) is 1. The highest BCUT2D eigenvalue weighted by molar-refractivity contribution is 5.80. The fraction of sp³-hybridized carbons (Fsp3) is 0.435. The van der Waals surface area contributed by atoms with Gasteiger partial charge in [-0.15, -0.1) is 0 Å². The maximum Gasteiger partial charge on any atom is 0.161 e. The first kappa shape index (κ1) is 18.8. The Morgan fingerprint density at radius 1 is 1.00 bits per heavy atom. The first-order valence-corrected chi connectivity index (χ1v) is 10.2. The molecule has 5 nitrogen and oxygen atoms in total. The molecule has 5 heteroatoms. The predicted molar refractivity (Wildman–Crippen MR) is 110 cm³/mol. The Morgan fingerprint density at radius 3 is 2.57 bits per heavy atom. The van der Waals surface area contributed by atoms with Crippen LogP contribution in [0.4, 0.5) is 0 Å². The lowest BCUT2D eigenvalue weighted by Crippen LogP contribution is -2.33. The molecular weight excluding hydrogens is 352 g/mol. The molecule has 1 aliphatic rings. The van der Waals surface area contributed by atoms with E-state index in [0.717, 1.165) is 74.7 Å². The molecule has 148 valence electrons. The summed E-state index contributed by atoms with van der Waals surface area (Å²) in [6.45, 7) is 4.08. The second kappa shape index (κ2) is 9.11. The molecule has 1 saturated heterocycles. The van der Waals surface area contributed by atoms with E-state index in [4.69, 9.17) is 14.0 Å². The Labute approximate surface area is 166 Å². The van der Waals surface area contributed by atoms with Crippen LogP contribution in [0.15, 0.2) is 53.1 Å². The van der Waals surface area contributed by atoms with Gasteiger partial charge in [0.15, 0.2) is 11.5 Å². The number of aromatic nitrogens is 1. The van der Waals surface area contributed by atoms with Gasteiger partial charge in [0, 0.05) is 11.3 Å². The average molecular weight is 380 g/mol. The predicted octanol–water partition coefficient (Wildman–Crippen LogP) is 4.88. The summed E-state index contributed by atoms with van der Waals surface area (Å²) in [6, 6.07) is 16.0. The van der Waals surface area contributed by atoms with Crippen molar-refractivity contribution in [3.63, 3.8) is 0 Å². The second-order valence-corrected chi connectivity index (χ2v) is 7.39. The van der Waals surface area contributed by atoms with Crippen molar-refractivity contribution in [1.29, 1.82) is 0 Å². The van der Waals surface area contributed by atoms with Gasteiger partial charge < -0.3 is 18.9 Å². The van der Waals surface area contributed by atoms with E-state index in [-0.39, 0.29) is 0 Å². The lowest BCUT2D eigenvalue weighted by Gasteiger charge is -2.30. The van der Waals surface area contributed by atoms with Crippen LogP contribution < -0.4 is 9.47 Å². The van der Waals surface area contributed by atoms with Crippen LogP contribution >= 0.6 is 0 Å². The number of hydrogen-bond acceptors (Lipinski definition) is 5. The molecule has 1 aromatic heterocycles. The molecular formula is C23H28N2O3. The highest BCUT2D eigenvalue weighted by atomic mass is 16.5. The minimum absolute atomic E-state index is 0.484. The Morgan fingerprint density at radius 2 is 1.75 bits per heavy atom. The number of para-hydroxylation sites is 2. The minimum Gasteiger partial charge on any atom is -0.493 e. The summed E-state index contributed by atoms with van der Waals surface area (Å²) in [7, 11) is 1.67. The van der Waals surface area contributed by atoms with Gasteiger partial charge in [-0.3, -0.25) is 0 Å². The van der Waals surface area contributed by atoms with Gasteiger partial charge in [-0.2, -0.15) is 0 Å². The number of benzene rings is 2. The van der Waals surface area contributed by atoms with E-state index >= 15 is 0 Å². The van der Waals surface area contributed by atoms with Crippen LogP contribution in [0, 0.1) is 0 Å². The SMILES string of the molecule is COc1ccccc1OCCCCN1CCC(c2onc3ccccc23)CC1. The molecule has 0 bridgehead atoms. The maximum atomic E-state index is 5.86. The van der Waals surface area contributed by atoms with Gasteiger partial charge >= 0.3 is 0 Å². The van der Waals surface area contributed by atoms with Crippen molar-refractivity contribution < 1.29 is 14.0 Å². The van der Waals surface area contributed by atoms with Crippen molar-refractivity contribution >= 4 is 10.9 Å². The molecule has 0 saturated carbocycles. The lowest BCUT2D eigenvalue weighted by molar-refractivity contribution is 0.189. The van der Waals surface area contributed by atoms with E-state index in [0.29, 0.717) is 5.92 Å². The molecule has 0 amide bonds. The molecule has 28 heavy (non-hydrogen) atoms. The molecule has 1 fully saturated rings. The zero-order valence-electron chi connectivity index (χ0n) is 16.5. The smallest absolute Gasteiger partial charge is 0.161 e. The van der Waals surface area contributed by atoms with E-state index in [1.54, 1.807) is 7.11 Å². The number of rotatable bonds is 8. The average Bonchev–Trinajstić information content (AvgIpc) is 3.18. The summed E-state index contributed by atoms with van der Waals surface area (Å²) in [4.78, 5) is 2.55. The summed E-state index contributed by atoms with van der Waals surface area (Å²) < 4.78 is 16.8. The number of piperidine rings is 1. The van der Waals surface area contributed by atoms with E-state index in [2.05, 4.69) is 22.2 Å². The molecule has 2 aromatic carbocycles. The summed E-state index contributed by atoms with van der Waals surface area (Å²) >= 11 is 0. The van der Waals surface area contributed by atoms with Crippen molar-refractivity contribution in [2.24, 2.45) is 0 Å². The molecule has 0 aliphatic carbocycles. The van der Waals surface area contributed by atoms with Crippen molar-refractivity contribution in [3.05, 3.63) is 54.3 Å². The lowest BCUT2D eigenvalue weighted by atomic mass is 9.92. The fourth-order valence-corrected chi connectivity index (χ4v) is 3.98. The molecule has 0 unspecified atom stereocenters. The minimum atomic E-state index is 0.484. The third kappa shape index (κ3) is 4.30. The Hall–Kier alpha value is -2.53. The monoisotopic (exact) mass is 380 g/mol. The first-order valence-electron chi connectivity index (χ1n) is 10.2. The molecule has 0 radical (unpaired) electrons. The highest BCUT2D eigenvalue weighted by Gasteiger charge is 2.25. The molecule has 0 spiro atoms. The molecule has 0 N–H and O–H groups in total. The zero-order valence-corrected chi connectivity index (χ0v) is 16.5. The van der Waals surface area contributed by atoms with Crippen molar-refractivity contribution in [2.75, 3.05) is 33.4 Å². The Bertz CT molecular complexity index is 884. The van der Waals surface area contributed by atoms with E-state index in [1.807, 2.05) is 36.4 Å². The molecule has 0 atom stereocenters. The number of nitrogens with zero attached hydrogens (tertiary/aromatic N) is 2. The van der Waals surface area contributed by atoms with E-state index in [1.165, 1.54) is 5.39 Å².